The van der Waals surface area contributed by atoms with Crippen molar-refractivity contribution in [2.24, 2.45) is 0 Å². The van der Waals surface area contributed by atoms with Gasteiger partial charge in [-0.25, -0.2) is 0 Å². The van der Waals surface area contributed by atoms with Crippen molar-refractivity contribution in [2.75, 3.05) is 6.61 Å². The largest absolute Gasteiger partial charge is 0.396 e. The lowest BCUT2D eigenvalue weighted by atomic mass is 10.2. The van der Waals surface area contributed by atoms with Gasteiger partial charge in [-0.15, -0.1) is 0 Å². The van der Waals surface area contributed by atoms with E-state index in [1.165, 1.54) is 0 Å². The van der Waals surface area contributed by atoms with Crippen LogP contribution in [-0.4, -0.2) is 22.9 Å². The Morgan fingerprint density at radius 2 is 2.22 bits per heavy atom. The van der Waals surface area contributed by atoms with Crippen molar-refractivity contribution in [3.8, 4) is 0 Å². The topological polar surface area (TPSA) is 40.5 Å². The SMILES string of the molecule is C/C=C/CC(O)CCO. The molecule has 0 aliphatic rings. The fourth-order valence-electron chi connectivity index (χ4n) is 0.560. The molecule has 0 radical (unpaired) electrons. The molecule has 0 aromatic heterocycles. The molecular weight excluding hydrogens is 116 g/mol. The fourth-order valence-corrected chi connectivity index (χ4v) is 0.560. The highest BCUT2D eigenvalue weighted by Crippen LogP contribution is 1.96. The molecule has 1 unspecified atom stereocenters. The summed E-state index contributed by atoms with van der Waals surface area (Å²) in [7, 11) is 0. The van der Waals surface area contributed by atoms with Crippen LogP contribution >= 0.6 is 0 Å². The monoisotopic (exact) mass is 130 g/mol. The van der Waals surface area contributed by atoms with Crippen molar-refractivity contribution in [3.05, 3.63) is 12.2 Å². The molecule has 0 heterocycles. The van der Waals surface area contributed by atoms with Gasteiger partial charge in [0, 0.05) is 6.61 Å². The zero-order valence-corrected chi connectivity index (χ0v) is 5.75. The van der Waals surface area contributed by atoms with E-state index in [0.717, 1.165) is 0 Å². The second kappa shape index (κ2) is 5.79. The first-order valence-electron chi connectivity index (χ1n) is 3.21. The first-order valence-corrected chi connectivity index (χ1v) is 3.21. The molecule has 0 aliphatic heterocycles. The maximum absolute atomic E-state index is 8.97. The summed E-state index contributed by atoms with van der Waals surface area (Å²) in [5, 5.41) is 17.3. The Kier molecular flexibility index (Phi) is 5.57. The highest BCUT2D eigenvalue weighted by Gasteiger charge is 1.97. The molecule has 2 nitrogen and oxygen atoms in total. The number of aliphatic hydroxyl groups excluding tert-OH is 2. The van der Waals surface area contributed by atoms with Gasteiger partial charge in [-0.05, 0) is 19.8 Å². The van der Waals surface area contributed by atoms with E-state index in [2.05, 4.69) is 0 Å². The molecule has 0 rings (SSSR count). The van der Waals surface area contributed by atoms with Crippen LogP contribution in [-0.2, 0) is 0 Å². The van der Waals surface area contributed by atoms with E-state index in [0.29, 0.717) is 12.8 Å². The summed E-state index contributed by atoms with van der Waals surface area (Å²) in [4.78, 5) is 0. The minimum atomic E-state index is -0.369. The second-order valence-electron chi connectivity index (χ2n) is 1.97. The minimum Gasteiger partial charge on any atom is -0.396 e. The summed E-state index contributed by atoms with van der Waals surface area (Å²) in [5.74, 6) is 0. The van der Waals surface area contributed by atoms with Crippen LogP contribution in [0.25, 0.3) is 0 Å². The Hall–Kier alpha value is -0.340. The van der Waals surface area contributed by atoms with Crippen LogP contribution in [0, 0.1) is 0 Å². The van der Waals surface area contributed by atoms with Crippen molar-refractivity contribution in [1.82, 2.24) is 0 Å². The van der Waals surface area contributed by atoms with Crippen LogP contribution in [0.1, 0.15) is 19.8 Å². The number of hydrogen-bond donors (Lipinski definition) is 2. The van der Waals surface area contributed by atoms with Gasteiger partial charge in [0.2, 0.25) is 0 Å². The fraction of sp³-hybridized carbons (Fsp3) is 0.714. The third-order valence-corrected chi connectivity index (χ3v) is 1.11. The standard InChI is InChI=1S/C7H14O2/c1-2-3-4-7(9)5-6-8/h2-3,7-9H,4-6H2,1H3/b3-2+. The van der Waals surface area contributed by atoms with Crippen LogP contribution < -0.4 is 0 Å². The van der Waals surface area contributed by atoms with Gasteiger partial charge in [-0.2, -0.15) is 0 Å². The van der Waals surface area contributed by atoms with E-state index >= 15 is 0 Å². The van der Waals surface area contributed by atoms with E-state index in [1.54, 1.807) is 0 Å². The second-order valence-corrected chi connectivity index (χ2v) is 1.97. The first kappa shape index (κ1) is 8.66. The van der Waals surface area contributed by atoms with Crippen molar-refractivity contribution in [2.45, 2.75) is 25.9 Å². The lowest BCUT2D eigenvalue weighted by Crippen LogP contribution is -2.06. The van der Waals surface area contributed by atoms with E-state index in [-0.39, 0.29) is 12.7 Å². The predicted molar refractivity (Wildman–Crippen MR) is 37.1 cm³/mol. The van der Waals surface area contributed by atoms with Gasteiger partial charge in [0.25, 0.3) is 0 Å². The lowest BCUT2D eigenvalue weighted by Gasteiger charge is -2.02. The zero-order chi connectivity index (χ0) is 7.11. The molecule has 9 heavy (non-hydrogen) atoms. The molecule has 0 saturated heterocycles. The highest BCUT2D eigenvalue weighted by atomic mass is 16.3. The lowest BCUT2D eigenvalue weighted by molar-refractivity contribution is 0.135. The first-order chi connectivity index (χ1) is 4.31. The average Bonchev–Trinajstić information content (AvgIpc) is 1.85. The molecule has 0 bridgehead atoms. The molecule has 0 saturated carbocycles. The van der Waals surface area contributed by atoms with E-state index in [1.807, 2.05) is 19.1 Å². The van der Waals surface area contributed by atoms with Gasteiger partial charge >= 0.3 is 0 Å². The highest BCUT2D eigenvalue weighted by molar-refractivity contribution is 4.79. The van der Waals surface area contributed by atoms with Crippen molar-refractivity contribution >= 4 is 0 Å². The number of allylic oxidation sites excluding steroid dienone is 1. The molecule has 54 valence electrons. The maximum atomic E-state index is 8.97. The Balaban J connectivity index is 3.15. The van der Waals surface area contributed by atoms with Gasteiger partial charge < -0.3 is 10.2 Å². The maximum Gasteiger partial charge on any atom is 0.0596 e. The Labute approximate surface area is 55.8 Å². The van der Waals surface area contributed by atoms with Crippen LogP contribution in [0.3, 0.4) is 0 Å². The van der Waals surface area contributed by atoms with Crippen LogP contribution in [0.2, 0.25) is 0 Å². The Morgan fingerprint density at radius 1 is 1.56 bits per heavy atom. The number of aliphatic hydroxyl groups is 2. The predicted octanol–water partition coefficient (Wildman–Crippen LogP) is 0.696. The van der Waals surface area contributed by atoms with Crippen molar-refractivity contribution in [1.29, 1.82) is 0 Å². The quantitative estimate of drug-likeness (QED) is 0.550. The van der Waals surface area contributed by atoms with Crippen LogP contribution in [0.4, 0.5) is 0 Å². The molecule has 1 atom stereocenters. The summed E-state index contributed by atoms with van der Waals surface area (Å²) in [6, 6.07) is 0. The van der Waals surface area contributed by atoms with Crippen molar-refractivity contribution < 1.29 is 10.2 Å². The normalized spacial score (nSPS) is 14.6. The van der Waals surface area contributed by atoms with E-state index < -0.39 is 0 Å². The van der Waals surface area contributed by atoms with Gasteiger partial charge in [0.15, 0.2) is 0 Å². The summed E-state index contributed by atoms with van der Waals surface area (Å²) in [5.41, 5.74) is 0. The average molecular weight is 130 g/mol. The van der Waals surface area contributed by atoms with Gasteiger partial charge in [0.1, 0.15) is 0 Å². The molecular formula is C7H14O2. The summed E-state index contributed by atoms with van der Waals surface area (Å²) >= 11 is 0. The molecule has 0 aromatic carbocycles. The molecule has 0 spiro atoms. The molecule has 0 amide bonds. The van der Waals surface area contributed by atoms with Crippen molar-refractivity contribution in [3.63, 3.8) is 0 Å². The molecule has 2 N–H and O–H groups in total. The van der Waals surface area contributed by atoms with Gasteiger partial charge in [-0.3, -0.25) is 0 Å². The Morgan fingerprint density at radius 3 is 2.67 bits per heavy atom. The molecule has 0 aliphatic carbocycles. The van der Waals surface area contributed by atoms with Gasteiger partial charge in [-0.1, -0.05) is 12.2 Å². The molecule has 2 heteroatoms. The smallest absolute Gasteiger partial charge is 0.0596 e. The van der Waals surface area contributed by atoms with E-state index in [9.17, 15) is 0 Å². The number of rotatable bonds is 4. The summed E-state index contributed by atoms with van der Waals surface area (Å²) < 4.78 is 0. The zero-order valence-electron chi connectivity index (χ0n) is 5.75. The Bertz CT molecular complexity index is 79.0. The van der Waals surface area contributed by atoms with Crippen LogP contribution in [0.15, 0.2) is 12.2 Å². The van der Waals surface area contributed by atoms with Crippen LogP contribution in [0.5, 0.6) is 0 Å². The minimum absolute atomic E-state index is 0.0682. The summed E-state index contributed by atoms with van der Waals surface area (Å²) in [6.45, 7) is 1.98. The van der Waals surface area contributed by atoms with Gasteiger partial charge in [0.05, 0.1) is 6.10 Å². The third kappa shape index (κ3) is 5.53. The third-order valence-electron chi connectivity index (χ3n) is 1.11. The van der Waals surface area contributed by atoms with E-state index in [4.69, 9.17) is 10.2 Å². The molecule has 0 fully saturated rings. The number of hydrogen-bond acceptors (Lipinski definition) is 2. The summed E-state index contributed by atoms with van der Waals surface area (Å²) in [6.07, 6.45) is 4.54. The molecule has 0 aromatic rings.